The number of imidazole rings is 1. The fraction of sp³-hybridized carbons (Fsp3) is 0.0526. The van der Waals surface area contributed by atoms with E-state index in [9.17, 15) is 25.0 Å². The van der Waals surface area contributed by atoms with Crippen LogP contribution < -0.4 is 10.9 Å². The van der Waals surface area contributed by atoms with Gasteiger partial charge in [-0.15, -0.1) is 11.3 Å². The fourth-order valence-electron chi connectivity index (χ4n) is 3.02. The molecule has 0 aliphatic heterocycles. The number of thiophene rings is 1. The van der Waals surface area contributed by atoms with Crippen molar-refractivity contribution in [3.05, 3.63) is 79.7 Å². The largest absolute Gasteiger partial charge is 0.326 e. The molecule has 2 N–H and O–H groups in total. The number of hydrogen-bond acceptors (Lipinski definition) is 8. The van der Waals surface area contributed by atoms with Gasteiger partial charge in [0, 0.05) is 13.1 Å². The molecule has 1 amide bonds. The molecule has 0 bridgehead atoms. The zero-order valence-electron chi connectivity index (χ0n) is 15.9. The number of nitrogens with zero attached hydrogens (tertiary/aromatic N) is 4. The van der Waals surface area contributed by atoms with E-state index in [2.05, 4.69) is 15.8 Å². The third kappa shape index (κ3) is 3.79. The maximum atomic E-state index is 12.5. The second-order valence-corrected chi connectivity index (χ2v) is 7.53. The van der Waals surface area contributed by atoms with Gasteiger partial charge in [0.15, 0.2) is 5.82 Å². The van der Waals surface area contributed by atoms with Gasteiger partial charge in [-0.2, -0.15) is 0 Å². The molecule has 2 aromatic heterocycles. The number of nitrogens with one attached hydrogen (secondary N) is 2. The molecule has 0 fully saturated rings. The third-order valence-electron chi connectivity index (χ3n) is 4.54. The van der Waals surface area contributed by atoms with Gasteiger partial charge in [-0.05, 0) is 30.3 Å². The van der Waals surface area contributed by atoms with E-state index in [0.717, 1.165) is 34.1 Å². The van der Waals surface area contributed by atoms with Gasteiger partial charge in [-0.3, -0.25) is 35.9 Å². The molecule has 0 atom stereocenters. The average Bonchev–Trinajstić information content (AvgIpc) is 3.37. The number of aromatic nitrogens is 2. The van der Waals surface area contributed by atoms with Crippen LogP contribution in [0.3, 0.4) is 0 Å². The van der Waals surface area contributed by atoms with Crippen LogP contribution >= 0.6 is 11.3 Å². The quantitative estimate of drug-likeness (QED) is 0.343. The molecule has 0 spiro atoms. The predicted octanol–water partition coefficient (Wildman–Crippen LogP) is 3.88. The molecule has 0 unspecified atom stereocenters. The number of carbonyl (C=O) groups is 1. The van der Waals surface area contributed by atoms with Gasteiger partial charge in [-0.25, -0.2) is 4.98 Å². The average molecular weight is 438 g/mol. The monoisotopic (exact) mass is 438 g/mol. The Morgan fingerprint density at radius 2 is 1.84 bits per heavy atom. The normalized spacial score (nSPS) is 10.7. The highest BCUT2D eigenvalue weighted by molar-refractivity contribution is 7.17. The van der Waals surface area contributed by atoms with Crippen LogP contribution in [0.5, 0.6) is 0 Å². The topological polar surface area (TPSA) is 145 Å². The van der Waals surface area contributed by atoms with Gasteiger partial charge < -0.3 is 4.57 Å². The molecule has 0 aliphatic carbocycles. The summed E-state index contributed by atoms with van der Waals surface area (Å²) in [5.41, 5.74) is 5.63. The molecule has 12 heteroatoms. The number of nitro benzene ring substituents is 2. The van der Waals surface area contributed by atoms with Crippen molar-refractivity contribution in [2.75, 3.05) is 5.43 Å². The molecule has 2 heterocycles. The summed E-state index contributed by atoms with van der Waals surface area (Å²) in [4.78, 5) is 38.8. The highest BCUT2D eigenvalue weighted by atomic mass is 32.1. The molecule has 0 aliphatic rings. The van der Waals surface area contributed by atoms with Gasteiger partial charge in [0.1, 0.15) is 5.69 Å². The van der Waals surface area contributed by atoms with E-state index in [-0.39, 0.29) is 5.69 Å². The molecule has 2 aromatic carbocycles. The molecule has 0 radical (unpaired) electrons. The summed E-state index contributed by atoms with van der Waals surface area (Å²) >= 11 is 1.22. The first kappa shape index (κ1) is 20.0. The molecule has 4 rings (SSSR count). The summed E-state index contributed by atoms with van der Waals surface area (Å²) in [7, 11) is 1.89. The van der Waals surface area contributed by atoms with Crippen molar-refractivity contribution in [3.8, 4) is 10.7 Å². The molecule has 156 valence electrons. The smallest absolute Gasteiger partial charge is 0.300 e. The lowest BCUT2D eigenvalue weighted by molar-refractivity contribution is -0.393. The summed E-state index contributed by atoms with van der Waals surface area (Å²) < 4.78 is 1.93. The van der Waals surface area contributed by atoms with E-state index in [0.29, 0.717) is 10.7 Å². The van der Waals surface area contributed by atoms with Gasteiger partial charge in [0.05, 0.1) is 36.7 Å². The van der Waals surface area contributed by atoms with Crippen molar-refractivity contribution < 1.29 is 14.6 Å². The van der Waals surface area contributed by atoms with Gasteiger partial charge in [0.2, 0.25) is 0 Å². The van der Waals surface area contributed by atoms with Gasteiger partial charge >= 0.3 is 5.69 Å². The Kier molecular flexibility index (Phi) is 5.05. The Morgan fingerprint density at radius 1 is 1.06 bits per heavy atom. The Balaban J connectivity index is 1.53. The summed E-state index contributed by atoms with van der Waals surface area (Å²) in [6, 6.07) is 14.2. The van der Waals surface area contributed by atoms with Crippen molar-refractivity contribution in [2.24, 2.45) is 7.05 Å². The maximum absolute atomic E-state index is 12.5. The number of benzene rings is 2. The molecule has 0 saturated heterocycles. The number of amides is 1. The van der Waals surface area contributed by atoms with Crippen LogP contribution in [-0.4, -0.2) is 25.3 Å². The summed E-state index contributed by atoms with van der Waals surface area (Å²) in [6.45, 7) is 0. The van der Waals surface area contributed by atoms with Gasteiger partial charge in [0.25, 0.3) is 11.6 Å². The number of anilines is 1. The van der Waals surface area contributed by atoms with E-state index >= 15 is 0 Å². The lowest BCUT2D eigenvalue weighted by Crippen LogP contribution is -2.29. The number of fused-ring (bicyclic) bond motifs is 1. The first-order chi connectivity index (χ1) is 14.8. The molecule has 31 heavy (non-hydrogen) atoms. The maximum Gasteiger partial charge on any atom is 0.300 e. The van der Waals surface area contributed by atoms with Crippen LogP contribution in [-0.2, 0) is 7.05 Å². The number of para-hydroxylation sites is 2. The highest BCUT2D eigenvalue weighted by Crippen LogP contribution is 2.31. The van der Waals surface area contributed by atoms with E-state index < -0.39 is 27.1 Å². The Morgan fingerprint density at radius 3 is 2.55 bits per heavy atom. The van der Waals surface area contributed by atoms with Crippen LogP contribution in [0.15, 0.2) is 54.6 Å². The lowest BCUT2D eigenvalue weighted by atomic mass is 10.2. The number of aryl methyl sites for hydroxylation is 1. The first-order valence-electron chi connectivity index (χ1n) is 8.86. The third-order valence-corrected chi connectivity index (χ3v) is 5.62. The lowest BCUT2D eigenvalue weighted by Gasteiger charge is -2.07. The van der Waals surface area contributed by atoms with E-state index in [4.69, 9.17) is 0 Å². The molecule has 0 saturated carbocycles. The predicted molar refractivity (Wildman–Crippen MR) is 115 cm³/mol. The minimum atomic E-state index is -0.767. The van der Waals surface area contributed by atoms with E-state index in [1.54, 1.807) is 12.1 Å². The van der Waals surface area contributed by atoms with Crippen molar-refractivity contribution in [3.63, 3.8) is 0 Å². The zero-order valence-corrected chi connectivity index (χ0v) is 16.8. The summed E-state index contributed by atoms with van der Waals surface area (Å²) in [5, 5.41) is 22.0. The molecule has 11 nitrogen and oxygen atoms in total. The Hall–Kier alpha value is -4.32. The Labute approximate surface area is 178 Å². The second kappa shape index (κ2) is 7.84. The molecule has 4 aromatic rings. The number of hydrogen-bond donors (Lipinski definition) is 2. The van der Waals surface area contributed by atoms with Crippen LogP contribution in [0.25, 0.3) is 21.7 Å². The number of hydrazine groups is 1. The van der Waals surface area contributed by atoms with Crippen molar-refractivity contribution >= 4 is 45.3 Å². The number of nitro groups is 2. The van der Waals surface area contributed by atoms with Crippen molar-refractivity contribution in [1.29, 1.82) is 0 Å². The van der Waals surface area contributed by atoms with Crippen molar-refractivity contribution in [1.82, 2.24) is 15.0 Å². The molecular formula is C19H14N6O5S. The summed E-state index contributed by atoms with van der Waals surface area (Å²) in [5.74, 6) is 0.201. The van der Waals surface area contributed by atoms with Crippen LogP contribution in [0.1, 0.15) is 9.67 Å². The zero-order chi connectivity index (χ0) is 22.1. The number of rotatable bonds is 6. The number of carbonyl (C=O) groups excluding carboxylic acids is 1. The second-order valence-electron chi connectivity index (χ2n) is 6.44. The minimum absolute atomic E-state index is 0.0731. The van der Waals surface area contributed by atoms with E-state index in [1.165, 1.54) is 11.3 Å². The number of non-ortho nitro benzene ring substituents is 1. The standard InChI is InChI=1S/C19H14N6O5S/c1-23-14-5-3-2-4-12(14)20-18(23)16-8-9-17(31-16)19(26)22-21-13-7-6-11(24(27)28)10-15(13)25(29)30/h2-10,21H,1H3,(H,22,26). The molecular weight excluding hydrogens is 424 g/mol. The summed E-state index contributed by atoms with van der Waals surface area (Å²) in [6.07, 6.45) is 0. The first-order valence-corrected chi connectivity index (χ1v) is 9.67. The van der Waals surface area contributed by atoms with Crippen molar-refractivity contribution in [2.45, 2.75) is 0 Å². The highest BCUT2D eigenvalue weighted by Gasteiger charge is 2.20. The van der Waals surface area contributed by atoms with Gasteiger partial charge in [-0.1, -0.05) is 12.1 Å². The fourth-order valence-corrected chi connectivity index (χ4v) is 3.95. The van der Waals surface area contributed by atoms with Crippen LogP contribution in [0.4, 0.5) is 17.1 Å². The SMILES string of the molecule is Cn1c(-c2ccc(C(=O)NNc3ccc([N+](=O)[O-])cc3[N+](=O)[O-])s2)nc2ccccc21. The van der Waals surface area contributed by atoms with Crippen LogP contribution in [0, 0.1) is 20.2 Å². The van der Waals surface area contributed by atoms with Crippen LogP contribution in [0.2, 0.25) is 0 Å². The Bertz CT molecular complexity index is 1340. The minimum Gasteiger partial charge on any atom is -0.326 e. The van der Waals surface area contributed by atoms with E-state index in [1.807, 2.05) is 35.9 Å².